The molecule has 1 aromatic carbocycles. The van der Waals surface area contributed by atoms with Crippen LogP contribution in [0, 0.1) is 5.41 Å². The molecule has 9 heteroatoms. The molecule has 0 aliphatic carbocycles. The molecule has 3 N–H and O–H groups in total. The summed E-state index contributed by atoms with van der Waals surface area (Å²) in [5.41, 5.74) is 0.0819. The molecule has 170 valence electrons. The molecule has 1 fully saturated rings. The molecule has 0 bridgehead atoms. The molecule has 0 radical (unpaired) electrons. The lowest BCUT2D eigenvalue weighted by molar-refractivity contribution is -0.156. The number of amides is 1. The molecule has 2 rings (SSSR count). The third-order valence-electron chi connectivity index (χ3n) is 5.03. The van der Waals surface area contributed by atoms with Gasteiger partial charge < -0.3 is 19.9 Å². The number of aliphatic carboxylic acids is 1. The number of nitrogens with one attached hydrogen (secondary N) is 2. The number of alkyl carbamates (subject to hydrolysis) is 1. The van der Waals surface area contributed by atoms with Crippen molar-refractivity contribution in [1.29, 1.82) is 0 Å². The van der Waals surface area contributed by atoms with Gasteiger partial charge in [0.25, 0.3) is 0 Å². The molecule has 1 amide bonds. The number of Topliss-reactive ketones (excluding diaryl/α,β-unsaturated/α-hetero) is 1. The SMILES string of the molecule is CC(=O)OC(C(NC(=O)OCc1ccccc1)C(=O)C1CCC(C(=O)O)N1)C(C)(C)C. The molecule has 0 spiro atoms. The van der Waals surface area contributed by atoms with Gasteiger partial charge in [-0.25, -0.2) is 4.79 Å². The van der Waals surface area contributed by atoms with Crippen molar-refractivity contribution in [3.05, 3.63) is 35.9 Å². The smallest absolute Gasteiger partial charge is 0.408 e. The third kappa shape index (κ3) is 7.06. The molecule has 4 unspecified atom stereocenters. The molecule has 1 aliphatic rings. The van der Waals surface area contributed by atoms with Gasteiger partial charge in [0.2, 0.25) is 0 Å². The van der Waals surface area contributed by atoms with Gasteiger partial charge in [-0.2, -0.15) is 0 Å². The second-order valence-electron chi connectivity index (χ2n) is 8.67. The number of benzene rings is 1. The number of carbonyl (C=O) groups is 4. The lowest BCUT2D eigenvalue weighted by atomic mass is 9.81. The van der Waals surface area contributed by atoms with Crippen LogP contribution in [0.25, 0.3) is 0 Å². The van der Waals surface area contributed by atoms with Crippen molar-refractivity contribution in [2.24, 2.45) is 5.41 Å². The van der Waals surface area contributed by atoms with Crippen molar-refractivity contribution in [2.45, 2.75) is 71.4 Å². The maximum Gasteiger partial charge on any atom is 0.408 e. The van der Waals surface area contributed by atoms with E-state index in [0.29, 0.717) is 6.42 Å². The summed E-state index contributed by atoms with van der Waals surface area (Å²) in [6, 6.07) is 6.19. The van der Waals surface area contributed by atoms with Crippen LogP contribution < -0.4 is 10.6 Å². The van der Waals surface area contributed by atoms with E-state index >= 15 is 0 Å². The number of carboxylic acids is 1. The van der Waals surface area contributed by atoms with Gasteiger partial charge in [-0.05, 0) is 18.4 Å². The first-order chi connectivity index (χ1) is 14.5. The van der Waals surface area contributed by atoms with Gasteiger partial charge in [-0.3, -0.25) is 19.7 Å². The number of hydrogen-bond acceptors (Lipinski definition) is 7. The highest BCUT2D eigenvalue weighted by atomic mass is 16.6. The topological polar surface area (TPSA) is 131 Å². The van der Waals surface area contributed by atoms with Crippen LogP contribution in [0.4, 0.5) is 4.79 Å². The average molecular weight is 434 g/mol. The minimum atomic E-state index is -1.21. The predicted octanol–water partition coefficient (Wildman–Crippen LogP) is 2.03. The van der Waals surface area contributed by atoms with Crippen LogP contribution >= 0.6 is 0 Å². The molecule has 1 heterocycles. The first-order valence-corrected chi connectivity index (χ1v) is 10.2. The minimum Gasteiger partial charge on any atom is -0.480 e. The van der Waals surface area contributed by atoms with Crippen LogP contribution in [-0.4, -0.2) is 53.2 Å². The molecule has 1 aromatic rings. The Bertz CT molecular complexity index is 804. The van der Waals surface area contributed by atoms with Crippen LogP contribution in [0.1, 0.15) is 46.1 Å². The predicted molar refractivity (Wildman–Crippen MR) is 111 cm³/mol. The summed E-state index contributed by atoms with van der Waals surface area (Å²) < 4.78 is 10.7. The lowest BCUT2D eigenvalue weighted by Gasteiger charge is -2.36. The van der Waals surface area contributed by atoms with Crippen LogP contribution in [-0.2, 0) is 30.5 Å². The van der Waals surface area contributed by atoms with Gasteiger partial charge in [-0.15, -0.1) is 0 Å². The molecule has 1 saturated heterocycles. The van der Waals surface area contributed by atoms with Gasteiger partial charge in [0.1, 0.15) is 24.8 Å². The summed E-state index contributed by atoms with van der Waals surface area (Å²) >= 11 is 0. The summed E-state index contributed by atoms with van der Waals surface area (Å²) in [4.78, 5) is 48.7. The summed E-state index contributed by atoms with van der Waals surface area (Å²) in [7, 11) is 0. The van der Waals surface area contributed by atoms with Gasteiger partial charge in [0.15, 0.2) is 5.78 Å². The summed E-state index contributed by atoms with van der Waals surface area (Å²) in [6.45, 7) is 6.56. The zero-order valence-corrected chi connectivity index (χ0v) is 18.2. The Morgan fingerprint density at radius 1 is 1.13 bits per heavy atom. The number of ketones is 1. The molecule has 0 aromatic heterocycles. The molecule has 1 aliphatic heterocycles. The summed E-state index contributed by atoms with van der Waals surface area (Å²) in [6.07, 6.45) is -1.24. The number of carboxylic acid groups (broad SMARTS) is 1. The van der Waals surface area contributed by atoms with E-state index in [1.54, 1.807) is 32.9 Å². The van der Waals surface area contributed by atoms with Crippen molar-refractivity contribution in [3.8, 4) is 0 Å². The highest BCUT2D eigenvalue weighted by molar-refractivity contribution is 5.93. The second-order valence-corrected chi connectivity index (χ2v) is 8.67. The molecular weight excluding hydrogens is 404 g/mol. The molecule has 9 nitrogen and oxygen atoms in total. The van der Waals surface area contributed by atoms with Crippen molar-refractivity contribution in [1.82, 2.24) is 10.6 Å². The van der Waals surface area contributed by atoms with Crippen molar-refractivity contribution in [3.63, 3.8) is 0 Å². The van der Waals surface area contributed by atoms with Gasteiger partial charge in [-0.1, -0.05) is 51.1 Å². The quantitative estimate of drug-likeness (QED) is 0.530. The second kappa shape index (κ2) is 10.4. The number of ether oxygens (including phenoxy) is 2. The average Bonchev–Trinajstić information content (AvgIpc) is 3.19. The Balaban J connectivity index is 2.19. The van der Waals surface area contributed by atoms with E-state index in [2.05, 4.69) is 10.6 Å². The third-order valence-corrected chi connectivity index (χ3v) is 5.03. The minimum absolute atomic E-state index is 0.00407. The highest BCUT2D eigenvalue weighted by Gasteiger charge is 2.45. The molecular formula is C22H30N2O7. The summed E-state index contributed by atoms with van der Waals surface area (Å²) in [5.74, 6) is -2.10. The fourth-order valence-electron chi connectivity index (χ4n) is 3.49. The van der Waals surface area contributed by atoms with E-state index in [-0.39, 0.29) is 13.0 Å². The maximum atomic E-state index is 13.3. The van der Waals surface area contributed by atoms with Crippen LogP contribution in [0.15, 0.2) is 30.3 Å². The van der Waals surface area contributed by atoms with E-state index in [9.17, 15) is 24.3 Å². The number of hydrogen-bond donors (Lipinski definition) is 3. The van der Waals surface area contributed by atoms with Crippen molar-refractivity contribution >= 4 is 23.8 Å². The van der Waals surface area contributed by atoms with Gasteiger partial charge >= 0.3 is 18.0 Å². The summed E-state index contributed by atoms with van der Waals surface area (Å²) in [5, 5.41) is 14.5. The zero-order valence-electron chi connectivity index (χ0n) is 18.2. The van der Waals surface area contributed by atoms with E-state index in [4.69, 9.17) is 9.47 Å². The number of rotatable bonds is 8. The fraction of sp³-hybridized carbons (Fsp3) is 0.545. The van der Waals surface area contributed by atoms with E-state index in [0.717, 1.165) is 5.56 Å². The van der Waals surface area contributed by atoms with Crippen LogP contribution in [0.3, 0.4) is 0 Å². The van der Waals surface area contributed by atoms with Crippen molar-refractivity contribution < 1.29 is 33.8 Å². The van der Waals surface area contributed by atoms with E-state index in [1.165, 1.54) is 6.92 Å². The fourth-order valence-corrected chi connectivity index (χ4v) is 3.49. The highest BCUT2D eigenvalue weighted by Crippen LogP contribution is 2.28. The normalized spacial score (nSPS) is 20.4. The molecule has 4 atom stereocenters. The Kier molecular flexibility index (Phi) is 8.15. The molecule has 0 saturated carbocycles. The van der Waals surface area contributed by atoms with Crippen molar-refractivity contribution in [2.75, 3.05) is 0 Å². The monoisotopic (exact) mass is 434 g/mol. The Morgan fingerprint density at radius 2 is 1.74 bits per heavy atom. The maximum absolute atomic E-state index is 13.3. The van der Waals surface area contributed by atoms with Crippen LogP contribution in [0.5, 0.6) is 0 Å². The van der Waals surface area contributed by atoms with Gasteiger partial charge in [0.05, 0.1) is 6.04 Å². The van der Waals surface area contributed by atoms with E-state index in [1.807, 2.05) is 18.2 Å². The van der Waals surface area contributed by atoms with Crippen LogP contribution in [0.2, 0.25) is 0 Å². The Labute approximate surface area is 181 Å². The Morgan fingerprint density at radius 3 is 2.26 bits per heavy atom. The largest absolute Gasteiger partial charge is 0.480 e. The van der Waals surface area contributed by atoms with Gasteiger partial charge in [0, 0.05) is 12.3 Å². The number of esters is 1. The first-order valence-electron chi connectivity index (χ1n) is 10.2. The van der Waals surface area contributed by atoms with E-state index < -0.39 is 53.5 Å². The molecule has 31 heavy (non-hydrogen) atoms. The lowest BCUT2D eigenvalue weighted by Crippen LogP contribution is -2.59. The first kappa shape index (κ1) is 24.3. The zero-order chi connectivity index (χ0) is 23.2. The number of carbonyl (C=O) groups excluding carboxylic acids is 3. The standard InChI is InChI=1S/C22H30N2O7/c1-13(25)31-19(22(2,3)4)17(18(26)15-10-11-16(23-15)20(27)28)24-21(29)30-12-14-8-6-5-7-9-14/h5-9,15-17,19,23H,10-12H2,1-4H3,(H,24,29)(H,27,28). The Hall–Kier alpha value is -2.94.